The molecule has 2 aromatic heterocycles. The largest absolute Gasteiger partial charge is 0.456 e. The fourth-order valence-electron chi connectivity index (χ4n) is 8.90. The number of furan rings is 1. The topological polar surface area (TPSA) is 54.8 Å². The maximum atomic E-state index is 6.73. The molecule has 1 N–H and O–H groups in total. The summed E-state index contributed by atoms with van der Waals surface area (Å²) in [4.78, 5) is 10.5. The highest BCUT2D eigenvalue weighted by molar-refractivity contribution is 6.22. The molecule has 5 nitrogen and oxygen atoms in total. The molecule has 0 amide bonds. The summed E-state index contributed by atoms with van der Waals surface area (Å²) in [5, 5.41) is 12.9. The molecule has 0 saturated carbocycles. The van der Waals surface area contributed by atoms with Crippen LogP contribution in [0.2, 0.25) is 0 Å². The predicted octanol–water partition coefficient (Wildman–Crippen LogP) is 13.2. The van der Waals surface area contributed by atoms with Crippen molar-refractivity contribution >= 4 is 77.0 Å². The van der Waals surface area contributed by atoms with Gasteiger partial charge in [-0.05, 0) is 80.7 Å². The lowest BCUT2D eigenvalue weighted by atomic mass is 9.99. The molecule has 1 aliphatic rings. The van der Waals surface area contributed by atoms with Gasteiger partial charge in [0.25, 0.3) is 0 Å². The van der Waals surface area contributed by atoms with E-state index in [4.69, 9.17) is 14.4 Å². The number of aliphatic imine (C=N–C) groups is 2. The SMILES string of the molecule is c1ccc(-c2cccc3c2c2ccccc2n3-c2ccc3c(c2)oc2cccc(C4=NC(c5ccc6ccccc6c5)=NC(c5ccc6ccccc6c5)N4)c23)cc1. The monoisotopic (exact) mass is 742 g/mol. The molecule has 0 aliphatic carbocycles. The summed E-state index contributed by atoms with van der Waals surface area (Å²) in [5.74, 6) is 1.44. The van der Waals surface area contributed by atoms with Crippen LogP contribution in [0, 0.1) is 0 Å². The van der Waals surface area contributed by atoms with Crippen LogP contribution in [0.15, 0.2) is 209 Å². The highest BCUT2D eigenvalue weighted by Gasteiger charge is 2.25. The zero-order valence-corrected chi connectivity index (χ0v) is 31.3. The van der Waals surface area contributed by atoms with Crippen LogP contribution in [0.3, 0.4) is 0 Å². The molecule has 5 heteroatoms. The molecule has 3 heterocycles. The van der Waals surface area contributed by atoms with Crippen LogP contribution in [0.4, 0.5) is 0 Å². The third-order valence-electron chi connectivity index (χ3n) is 11.6. The quantitative estimate of drug-likeness (QED) is 0.191. The molecule has 0 spiro atoms. The third kappa shape index (κ3) is 5.17. The van der Waals surface area contributed by atoms with Crippen LogP contribution in [-0.4, -0.2) is 16.2 Å². The van der Waals surface area contributed by atoms with E-state index in [2.05, 4.69) is 198 Å². The Hall–Kier alpha value is -7.76. The smallest absolute Gasteiger partial charge is 0.159 e. The summed E-state index contributed by atoms with van der Waals surface area (Å²) < 4.78 is 9.09. The Morgan fingerprint density at radius 2 is 1.17 bits per heavy atom. The van der Waals surface area contributed by atoms with E-state index in [1.54, 1.807) is 0 Å². The normalized spacial score (nSPS) is 14.4. The number of benzene rings is 9. The van der Waals surface area contributed by atoms with E-state index < -0.39 is 0 Å². The number of rotatable bonds is 5. The molecular formula is C53H34N4O. The molecular weight excluding hydrogens is 709 g/mol. The maximum Gasteiger partial charge on any atom is 0.159 e. The lowest BCUT2D eigenvalue weighted by molar-refractivity contribution is 0.667. The van der Waals surface area contributed by atoms with E-state index >= 15 is 0 Å². The third-order valence-corrected chi connectivity index (χ3v) is 11.6. The standard InChI is InChI=1S/C53H34N4O/c1-2-14-35(15-3-1)41-19-10-22-46-49(41)42-18-8-9-21-45(42)57(46)40-28-29-43-48(32-40)58-47-23-11-20-44(50(43)47)53-55-51(38-26-24-33-12-4-6-16-36(33)30-38)54-52(56-53)39-27-25-34-13-5-7-17-37(34)31-39/h1-32,51H,(H,54,55,56). The number of amidine groups is 2. The minimum Gasteiger partial charge on any atom is -0.456 e. The summed E-state index contributed by atoms with van der Waals surface area (Å²) in [6.07, 6.45) is -0.352. The van der Waals surface area contributed by atoms with E-state index in [0.29, 0.717) is 5.84 Å². The molecule has 1 unspecified atom stereocenters. The van der Waals surface area contributed by atoms with Gasteiger partial charge in [0.2, 0.25) is 0 Å². The number of aromatic nitrogens is 1. The molecule has 0 saturated heterocycles. The van der Waals surface area contributed by atoms with Crippen molar-refractivity contribution in [3.8, 4) is 16.8 Å². The summed E-state index contributed by atoms with van der Waals surface area (Å²) >= 11 is 0. The maximum absolute atomic E-state index is 6.73. The van der Waals surface area contributed by atoms with Gasteiger partial charge < -0.3 is 14.3 Å². The minimum atomic E-state index is -0.352. The van der Waals surface area contributed by atoms with Crippen molar-refractivity contribution in [3.05, 3.63) is 211 Å². The van der Waals surface area contributed by atoms with Crippen molar-refractivity contribution in [1.29, 1.82) is 0 Å². The van der Waals surface area contributed by atoms with Crippen LogP contribution in [0.1, 0.15) is 22.9 Å². The minimum absolute atomic E-state index is 0.352. The van der Waals surface area contributed by atoms with Crippen molar-refractivity contribution in [1.82, 2.24) is 9.88 Å². The van der Waals surface area contributed by atoms with Gasteiger partial charge in [-0.1, -0.05) is 146 Å². The van der Waals surface area contributed by atoms with E-state index in [0.717, 1.165) is 66.6 Å². The zero-order valence-electron chi connectivity index (χ0n) is 31.3. The number of para-hydroxylation sites is 1. The first-order chi connectivity index (χ1) is 28.7. The van der Waals surface area contributed by atoms with E-state index in [1.807, 2.05) is 6.07 Å². The lowest BCUT2D eigenvalue weighted by Gasteiger charge is -2.24. The van der Waals surface area contributed by atoms with Crippen molar-refractivity contribution < 1.29 is 4.42 Å². The van der Waals surface area contributed by atoms with Gasteiger partial charge in [0.05, 0.1) is 11.0 Å². The number of nitrogens with zero attached hydrogens (tertiary/aromatic N) is 3. The van der Waals surface area contributed by atoms with Crippen molar-refractivity contribution in [3.63, 3.8) is 0 Å². The Morgan fingerprint density at radius 1 is 0.466 bits per heavy atom. The fraction of sp³-hybridized carbons (Fsp3) is 0.0189. The van der Waals surface area contributed by atoms with Gasteiger partial charge >= 0.3 is 0 Å². The Kier molecular flexibility index (Phi) is 7.23. The lowest BCUT2D eigenvalue weighted by Crippen LogP contribution is -2.33. The average molecular weight is 743 g/mol. The molecule has 0 fully saturated rings. The number of nitrogens with one attached hydrogen (secondary N) is 1. The molecule has 1 aliphatic heterocycles. The summed E-state index contributed by atoms with van der Waals surface area (Å²) in [7, 11) is 0. The molecule has 12 rings (SSSR count). The van der Waals surface area contributed by atoms with E-state index in [1.165, 1.54) is 38.1 Å². The predicted molar refractivity (Wildman–Crippen MR) is 240 cm³/mol. The number of fused-ring (bicyclic) bond motifs is 8. The molecule has 9 aromatic carbocycles. The second-order valence-corrected chi connectivity index (χ2v) is 15.0. The Morgan fingerprint density at radius 3 is 2.03 bits per heavy atom. The Bertz CT molecular complexity index is 3500. The van der Waals surface area contributed by atoms with Crippen molar-refractivity contribution in [2.75, 3.05) is 0 Å². The zero-order chi connectivity index (χ0) is 38.2. The number of hydrogen-bond acceptors (Lipinski definition) is 4. The summed E-state index contributed by atoms with van der Waals surface area (Å²) in [6, 6.07) is 68.6. The van der Waals surface area contributed by atoms with Gasteiger partial charge in [-0.25, -0.2) is 9.98 Å². The van der Waals surface area contributed by atoms with Crippen molar-refractivity contribution in [2.24, 2.45) is 9.98 Å². The Labute approximate surface area is 333 Å². The highest BCUT2D eigenvalue weighted by atomic mass is 16.3. The van der Waals surface area contributed by atoms with Gasteiger partial charge in [0.1, 0.15) is 23.2 Å². The second-order valence-electron chi connectivity index (χ2n) is 15.0. The molecule has 11 aromatic rings. The molecule has 0 bridgehead atoms. The van der Waals surface area contributed by atoms with Crippen LogP contribution in [0.25, 0.3) is 82.1 Å². The molecule has 0 radical (unpaired) electrons. The van der Waals surface area contributed by atoms with E-state index in [-0.39, 0.29) is 6.17 Å². The number of hydrogen-bond donors (Lipinski definition) is 1. The van der Waals surface area contributed by atoms with Gasteiger partial charge in [0.15, 0.2) is 5.84 Å². The van der Waals surface area contributed by atoms with Gasteiger partial charge in [0, 0.05) is 44.4 Å². The summed E-state index contributed by atoms with van der Waals surface area (Å²) in [6.45, 7) is 0. The average Bonchev–Trinajstić information content (AvgIpc) is 3.84. The van der Waals surface area contributed by atoms with Gasteiger partial charge in [-0.15, -0.1) is 0 Å². The van der Waals surface area contributed by atoms with Crippen LogP contribution < -0.4 is 5.32 Å². The summed E-state index contributed by atoms with van der Waals surface area (Å²) in [5.41, 5.74) is 10.4. The first kappa shape index (κ1) is 32.5. The van der Waals surface area contributed by atoms with Crippen LogP contribution in [-0.2, 0) is 0 Å². The molecule has 1 atom stereocenters. The first-order valence-electron chi connectivity index (χ1n) is 19.7. The highest BCUT2D eigenvalue weighted by Crippen LogP contribution is 2.40. The fourth-order valence-corrected chi connectivity index (χ4v) is 8.90. The molecule has 58 heavy (non-hydrogen) atoms. The molecule has 272 valence electrons. The van der Waals surface area contributed by atoms with Gasteiger partial charge in [-0.2, -0.15) is 0 Å². The Balaban J connectivity index is 1.02. The van der Waals surface area contributed by atoms with E-state index in [9.17, 15) is 0 Å². The van der Waals surface area contributed by atoms with Crippen molar-refractivity contribution in [2.45, 2.75) is 6.17 Å². The van der Waals surface area contributed by atoms with Crippen LogP contribution in [0.5, 0.6) is 0 Å². The van der Waals surface area contributed by atoms with Crippen LogP contribution >= 0.6 is 0 Å². The van der Waals surface area contributed by atoms with Gasteiger partial charge in [-0.3, -0.25) is 0 Å². The first-order valence-corrected chi connectivity index (χ1v) is 19.7. The second kappa shape index (κ2) is 12.9.